The molecule has 0 radical (unpaired) electrons. The first kappa shape index (κ1) is 15.0. The quantitative estimate of drug-likeness (QED) is 0.792. The van der Waals surface area contributed by atoms with Crippen LogP contribution < -0.4 is 4.90 Å². The summed E-state index contributed by atoms with van der Waals surface area (Å²) in [6.07, 6.45) is 10.4. The third-order valence-electron chi connectivity index (χ3n) is 3.20. The number of hydrogen-bond acceptors (Lipinski definition) is 4. The fourth-order valence-corrected chi connectivity index (χ4v) is 2.09. The molecule has 0 bridgehead atoms. The van der Waals surface area contributed by atoms with Crippen LogP contribution in [0.2, 0.25) is 0 Å². The molecule has 1 aromatic heterocycles. The zero-order valence-corrected chi connectivity index (χ0v) is 12.8. The van der Waals surface area contributed by atoms with Crippen LogP contribution >= 0.6 is 0 Å². The van der Waals surface area contributed by atoms with Gasteiger partial charge in [0.2, 0.25) is 5.95 Å². The lowest BCUT2D eigenvalue weighted by molar-refractivity contribution is 0.122. The third-order valence-corrected chi connectivity index (χ3v) is 3.20. The van der Waals surface area contributed by atoms with Gasteiger partial charge >= 0.3 is 0 Å². The van der Waals surface area contributed by atoms with Gasteiger partial charge in [-0.2, -0.15) is 0 Å². The minimum Gasteiger partial charge on any atom is -0.378 e. The maximum atomic E-state index is 5.33. The second-order valence-electron chi connectivity index (χ2n) is 6.30. The molecule has 0 aliphatic carbocycles. The number of nitrogens with zero attached hydrogens (tertiary/aromatic N) is 3. The molecule has 2 heterocycles. The Morgan fingerprint density at radius 1 is 1.20 bits per heavy atom. The number of anilines is 1. The molecule has 4 nitrogen and oxygen atoms in total. The Morgan fingerprint density at radius 2 is 1.85 bits per heavy atom. The first-order valence-electron chi connectivity index (χ1n) is 7.36. The minimum atomic E-state index is 0.261. The summed E-state index contributed by atoms with van der Waals surface area (Å²) in [7, 11) is 0. The summed E-state index contributed by atoms with van der Waals surface area (Å²) in [5.41, 5.74) is 1.46. The molecule has 2 rings (SSSR count). The van der Waals surface area contributed by atoms with Crippen LogP contribution in [0.4, 0.5) is 5.95 Å². The average molecular weight is 275 g/mol. The van der Waals surface area contributed by atoms with Gasteiger partial charge < -0.3 is 9.64 Å². The van der Waals surface area contributed by atoms with E-state index in [1.807, 2.05) is 12.4 Å². The molecule has 1 aromatic rings. The van der Waals surface area contributed by atoms with Crippen molar-refractivity contribution < 1.29 is 4.74 Å². The van der Waals surface area contributed by atoms with E-state index in [0.29, 0.717) is 0 Å². The van der Waals surface area contributed by atoms with E-state index in [1.54, 1.807) is 0 Å². The number of morpholine rings is 1. The highest BCUT2D eigenvalue weighted by Crippen LogP contribution is 2.15. The maximum Gasteiger partial charge on any atom is 0.225 e. The molecular formula is C16H25N3O. The molecule has 0 spiro atoms. The van der Waals surface area contributed by atoms with E-state index in [2.05, 4.69) is 47.8 Å². The van der Waals surface area contributed by atoms with Gasteiger partial charge in [0.25, 0.3) is 0 Å². The summed E-state index contributed by atoms with van der Waals surface area (Å²) >= 11 is 0. The normalized spacial score (nSPS) is 16.9. The average Bonchev–Trinajstić information content (AvgIpc) is 2.44. The Morgan fingerprint density at radius 3 is 2.45 bits per heavy atom. The number of ether oxygens (including phenoxy) is 1. The van der Waals surface area contributed by atoms with Crippen LogP contribution in [0.5, 0.6) is 0 Å². The summed E-state index contributed by atoms with van der Waals surface area (Å²) in [5.74, 6) is 0.822. The first-order valence-corrected chi connectivity index (χ1v) is 7.36. The van der Waals surface area contributed by atoms with Crippen molar-refractivity contribution in [2.24, 2.45) is 5.41 Å². The van der Waals surface area contributed by atoms with Crippen molar-refractivity contribution >= 4 is 5.95 Å². The Labute approximate surface area is 121 Å². The molecule has 0 N–H and O–H groups in total. The van der Waals surface area contributed by atoms with Crippen molar-refractivity contribution in [3.05, 3.63) is 30.1 Å². The number of aryl methyl sites for hydroxylation is 1. The van der Waals surface area contributed by atoms with Gasteiger partial charge in [0, 0.05) is 25.5 Å². The van der Waals surface area contributed by atoms with Gasteiger partial charge in [-0.1, -0.05) is 32.9 Å². The number of aromatic nitrogens is 2. The van der Waals surface area contributed by atoms with E-state index < -0.39 is 0 Å². The topological polar surface area (TPSA) is 38.2 Å². The summed E-state index contributed by atoms with van der Waals surface area (Å²) < 4.78 is 5.33. The number of rotatable bonds is 4. The highest BCUT2D eigenvalue weighted by Gasteiger charge is 2.13. The molecule has 0 atom stereocenters. The van der Waals surface area contributed by atoms with E-state index in [0.717, 1.165) is 45.1 Å². The largest absolute Gasteiger partial charge is 0.378 e. The Balaban J connectivity index is 1.83. The molecule has 4 heteroatoms. The van der Waals surface area contributed by atoms with Gasteiger partial charge in [-0.15, -0.1) is 0 Å². The van der Waals surface area contributed by atoms with Crippen LogP contribution in [0.1, 0.15) is 32.8 Å². The summed E-state index contributed by atoms with van der Waals surface area (Å²) in [6, 6.07) is 0. The van der Waals surface area contributed by atoms with E-state index in [-0.39, 0.29) is 5.41 Å². The molecule has 0 aromatic carbocycles. The second-order valence-corrected chi connectivity index (χ2v) is 6.30. The Hall–Kier alpha value is -1.42. The predicted molar refractivity (Wildman–Crippen MR) is 82.0 cm³/mol. The second kappa shape index (κ2) is 6.84. The zero-order valence-electron chi connectivity index (χ0n) is 12.8. The van der Waals surface area contributed by atoms with Crippen molar-refractivity contribution in [1.82, 2.24) is 9.97 Å². The van der Waals surface area contributed by atoms with E-state index >= 15 is 0 Å². The lowest BCUT2D eigenvalue weighted by Crippen LogP contribution is -2.37. The minimum absolute atomic E-state index is 0.261. The summed E-state index contributed by atoms with van der Waals surface area (Å²) in [4.78, 5) is 11.1. The highest BCUT2D eigenvalue weighted by molar-refractivity contribution is 5.30. The van der Waals surface area contributed by atoms with Crippen LogP contribution in [-0.4, -0.2) is 36.3 Å². The molecule has 1 saturated heterocycles. The van der Waals surface area contributed by atoms with Crippen molar-refractivity contribution in [2.75, 3.05) is 31.2 Å². The summed E-state index contributed by atoms with van der Waals surface area (Å²) in [6.45, 7) is 9.93. The van der Waals surface area contributed by atoms with Crippen LogP contribution in [0.15, 0.2) is 24.5 Å². The van der Waals surface area contributed by atoms with Gasteiger partial charge in [0.05, 0.1) is 13.2 Å². The van der Waals surface area contributed by atoms with Gasteiger partial charge in [0.15, 0.2) is 0 Å². The Kier molecular flexibility index (Phi) is 5.12. The monoisotopic (exact) mass is 275 g/mol. The first-order chi connectivity index (χ1) is 9.54. The lowest BCUT2D eigenvalue weighted by Gasteiger charge is -2.26. The standard InChI is InChI=1S/C16H25N3O/c1-16(2,3)7-5-4-6-14-12-17-15(18-13-14)19-8-10-20-11-9-19/h5,7,12-13H,4,6,8-11H2,1-3H3/b7-5+. The van der Waals surface area contributed by atoms with Gasteiger partial charge in [-0.25, -0.2) is 9.97 Å². The van der Waals surface area contributed by atoms with E-state index in [9.17, 15) is 0 Å². The molecule has 20 heavy (non-hydrogen) atoms. The molecule has 1 aliphatic rings. The van der Waals surface area contributed by atoms with Crippen LogP contribution in [0.3, 0.4) is 0 Å². The molecule has 1 fully saturated rings. The van der Waals surface area contributed by atoms with E-state index in [4.69, 9.17) is 4.74 Å². The molecular weight excluding hydrogens is 250 g/mol. The highest BCUT2D eigenvalue weighted by atomic mass is 16.5. The predicted octanol–water partition coefficient (Wildman–Crippen LogP) is 2.85. The molecule has 0 unspecified atom stereocenters. The van der Waals surface area contributed by atoms with Crippen LogP contribution in [-0.2, 0) is 11.2 Å². The Bertz CT molecular complexity index is 428. The van der Waals surface area contributed by atoms with Crippen molar-refractivity contribution in [2.45, 2.75) is 33.6 Å². The smallest absolute Gasteiger partial charge is 0.225 e. The van der Waals surface area contributed by atoms with Crippen molar-refractivity contribution in [1.29, 1.82) is 0 Å². The van der Waals surface area contributed by atoms with E-state index in [1.165, 1.54) is 5.56 Å². The van der Waals surface area contributed by atoms with Gasteiger partial charge in [-0.05, 0) is 23.8 Å². The SMILES string of the molecule is CC(C)(C)/C=C/CCc1cnc(N2CCOCC2)nc1. The number of allylic oxidation sites excluding steroid dienone is 2. The fraction of sp³-hybridized carbons (Fsp3) is 0.625. The van der Waals surface area contributed by atoms with Crippen LogP contribution in [0, 0.1) is 5.41 Å². The fourth-order valence-electron chi connectivity index (χ4n) is 2.09. The zero-order chi connectivity index (χ0) is 14.4. The molecule has 0 saturated carbocycles. The molecule has 110 valence electrons. The van der Waals surface area contributed by atoms with Crippen LogP contribution in [0.25, 0.3) is 0 Å². The van der Waals surface area contributed by atoms with Gasteiger partial charge in [0.1, 0.15) is 0 Å². The van der Waals surface area contributed by atoms with Crippen molar-refractivity contribution in [3.63, 3.8) is 0 Å². The van der Waals surface area contributed by atoms with Gasteiger partial charge in [-0.3, -0.25) is 0 Å². The molecule has 1 aliphatic heterocycles. The third kappa shape index (κ3) is 4.93. The lowest BCUT2D eigenvalue weighted by atomic mass is 9.95. The number of hydrogen-bond donors (Lipinski definition) is 0. The molecule has 0 amide bonds. The maximum absolute atomic E-state index is 5.33. The van der Waals surface area contributed by atoms with Crippen molar-refractivity contribution in [3.8, 4) is 0 Å². The summed E-state index contributed by atoms with van der Waals surface area (Å²) in [5, 5.41) is 0.